The highest BCUT2D eigenvalue weighted by atomic mass is 35.5. The highest BCUT2D eigenvalue weighted by Gasteiger charge is 2.24. The van der Waals surface area contributed by atoms with Crippen molar-refractivity contribution in [2.24, 2.45) is 0 Å². The van der Waals surface area contributed by atoms with Gasteiger partial charge in [-0.25, -0.2) is 0 Å². The topological polar surface area (TPSA) is 85.8 Å². The van der Waals surface area contributed by atoms with E-state index in [0.29, 0.717) is 27.6 Å². The lowest BCUT2D eigenvalue weighted by Gasteiger charge is -2.16. The lowest BCUT2D eigenvalue weighted by atomic mass is 10.1. The molecule has 0 saturated carbocycles. The summed E-state index contributed by atoms with van der Waals surface area (Å²) in [5, 5.41) is 16.1. The van der Waals surface area contributed by atoms with Crippen molar-refractivity contribution in [2.75, 3.05) is 5.32 Å². The van der Waals surface area contributed by atoms with E-state index in [1.54, 1.807) is 19.9 Å². The number of nitrogens with one attached hydrogen (secondary N) is 1. The average Bonchev–Trinajstić information content (AvgIpc) is 3.36. The zero-order valence-electron chi connectivity index (χ0n) is 18.1. The molecule has 4 rings (SSSR count). The smallest absolute Gasteiger partial charge is 0.240 e. The molecule has 1 amide bonds. The fourth-order valence-corrected chi connectivity index (χ4v) is 4.28. The van der Waals surface area contributed by atoms with Gasteiger partial charge in [0, 0.05) is 11.6 Å². The Balaban J connectivity index is 1.73. The van der Waals surface area contributed by atoms with E-state index in [2.05, 4.69) is 38.9 Å². The summed E-state index contributed by atoms with van der Waals surface area (Å²) in [6.45, 7) is 7.66. The molecule has 164 valence electrons. The molecule has 32 heavy (non-hydrogen) atoms. The molecule has 0 spiro atoms. The summed E-state index contributed by atoms with van der Waals surface area (Å²) in [7, 11) is 0. The number of aromatic nitrogens is 4. The average molecular weight is 468 g/mol. The van der Waals surface area contributed by atoms with Crippen LogP contribution in [0.4, 0.5) is 5.88 Å². The number of rotatable bonds is 6. The molecule has 1 atom stereocenters. The van der Waals surface area contributed by atoms with E-state index in [1.807, 2.05) is 42.7 Å². The lowest BCUT2D eigenvalue weighted by molar-refractivity contribution is -0.115. The van der Waals surface area contributed by atoms with Crippen molar-refractivity contribution >= 4 is 35.2 Å². The second kappa shape index (κ2) is 9.18. The molecule has 0 radical (unpaired) electrons. The van der Waals surface area contributed by atoms with Gasteiger partial charge in [-0.2, -0.15) is 0 Å². The van der Waals surface area contributed by atoms with E-state index in [9.17, 15) is 4.79 Å². The maximum atomic E-state index is 12.7. The van der Waals surface area contributed by atoms with Crippen LogP contribution < -0.4 is 5.32 Å². The van der Waals surface area contributed by atoms with E-state index in [1.165, 1.54) is 11.8 Å². The van der Waals surface area contributed by atoms with Gasteiger partial charge in [0.2, 0.25) is 11.8 Å². The molecule has 9 heteroatoms. The summed E-state index contributed by atoms with van der Waals surface area (Å²) in [5.74, 6) is 0.707. The van der Waals surface area contributed by atoms with E-state index in [4.69, 9.17) is 16.1 Å². The van der Waals surface area contributed by atoms with Gasteiger partial charge >= 0.3 is 0 Å². The summed E-state index contributed by atoms with van der Waals surface area (Å²) in [6, 6.07) is 15.4. The Hall–Kier alpha value is -3.10. The highest BCUT2D eigenvalue weighted by molar-refractivity contribution is 8.00. The lowest BCUT2D eigenvalue weighted by Crippen LogP contribution is -2.22. The van der Waals surface area contributed by atoms with Crippen molar-refractivity contribution in [3.8, 4) is 17.1 Å². The Morgan fingerprint density at radius 3 is 2.62 bits per heavy atom. The van der Waals surface area contributed by atoms with Crippen molar-refractivity contribution in [1.29, 1.82) is 0 Å². The Morgan fingerprint density at radius 1 is 1.12 bits per heavy atom. The molecular weight excluding hydrogens is 446 g/mol. The van der Waals surface area contributed by atoms with E-state index >= 15 is 0 Å². The Bertz CT molecular complexity index is 1280. The molecule has 7 nitrogen and oxygen atoms in total. The molecular formula is C23H22ClN5O2S. The van der Waals surface area contributed by atoms with Gasteiger partial charge in [-0.1, -0.05) is 52.8 Å². The van der Waals surface area contributed by atoms with Gasteiger partial charge < -0.3 is 4.52 Å². The van der Waals surface area contributed by atoms with Gasteiger partial charge in [-0.3, -0.25) is 14.7 Å². The summed E-state index contributed by atoms with van der Waals surface area (Å²) < 4.78 is 7.05. The van der Waals surface area contributed by atoms with E-state index in [-0.39, 0.29) is 5.91 Å². The van der Waals surface area contributed by atoms with Gasteiger partial charge in [0.05, 0.1) is 21.7 Å². The maximum Gasteiger partial charge on any atom is 0.240 e. The zero-order valence-corrected chi connectivity index (χ0v) is 19.7. The number of amides is 1. The highest BCUT2D eigenvalue weighted by Crippen LogP contribution is 2.34. The van der Waals surface area contributed by atoms with Gasteiger partial charge in [0.15, 0.2) is 11.0 Å². The Kier molecular flexibility index (Phi) is 6.34. The molecule has 0 aliphatic rings. The number of hydrogen-bond donors (Lipinski definition) is 1. The number of carbonyl (C=O) groups is 1. The quantitative estimate of drug-likeness (QED) is 0.370. The maximum absolute atomic E-state index is 12.7. The number of nitrogens with zero attached hydrogens (tertiary/aromatic N) is 4. The van der Waals surface area contributed by atoms with Crippen LogP contribution in [0.5, 0.6) is 0 Å². The standard InChI is InChI=1S/C23H22ClN5O2S/c1-13-9-10-14(2)19(11-13)29-21(17-7-5-6-8-18(17)24)26-27-23(29)32-16(4)22(30)25-20-12-15(3)28-31-20/h5-12,16H,1-4H3,(H,25,30). The molecule has 4 aromatic rings. The second-order valence-electron chi connectivity index (χ2n) is 7.49. The van der Waals surface area contributed by atoms with Crippen LogP contribution in [0.25, 0.3) is 17.1 Å². The number of anilines is 1. The van der Waals surface area contributed by atoms with Gasteiger partial charge in [-0.05, 0) is 57.0 Å². The second-order valence-corrected chi connectivity index (χ2v) is 9.21. The van der Waals surface area contributed by atoms with Crippen LogP contribution in [0.3, 0.4) is 0 Å². The number of aryl methyl sites for hydroxylation is 3. The minimum Gasteiger partial charge on any atom is -0.338 e. The van der Waals surface area contributed by atoms with E-state index in [0.717, 1.165) is 22.4 Å². The normalized spacial score (nSPS) is 12.0. The van der Waals surface area contributed by atoms with Crippen LogP contribution in [-0.2, 0) is 4.79 Å². The van der Waals surface area contributed by atoms with Crippen molar-refractivity contribution in [1.82, 2.24) is 19.9 Å². The largest absolute Gasteiger partial charge is 0.338 e. The van der Waals surface area contributed by atoms with Crippen molar-refractivity contribution in [3.05, 3.63) is 70.4 Å². The first-order chi connectivity index (χ1) is 15.3. The third kappa shape index (κ3) is 4.56. The summed E-state index contributed by atoms with van der Waals surface area (Å²) in [6.07, 6.45) is 0. The molecule has 2 aromatic carbocycles. The van der Waals surface area contributed by atoms with Gasteiger partial charge in [0.1, 0.15) is 0 Å². The minimum atomic E-state index is -0.465. The third-order valence-electron chi connectivity index (χ3n) is 4.88. The van der Waals surface area contributed by atoms with E-state index < -0.39 is 5.25 Å². The van der Waals surface area contributed by atoms with Crippen molar-refractivity contribution < 1.29 is 9.32 Å². The first-order valence-electron chi connectivity index (χ1n) is 10.0. The molecule has 0 aliphatic carbocycles. The van der Waals surface area contributed by atoms with Crippen molar-refractivity contribution in [2.45, 2.75) is 38.1 Å². The van der Waals surface area contributed by atoms with Crippen LogP contribution in [0.15, 0.2) is 58.2 Å². The zero-order chi connectivity index (χ0) is 22.8. The molecule has 2 heterocycles. The predicted octanol–water partition coefficient (Wildman–Crippen LogP) is 5.62. The van der Waals surface area contributed by atoms with Crippen LogP contribution in [0.1, 0.15) is 23.7 Å². The van der Waals surface area contributed by atoms with Crippen molar-refractivity contribution in [3.63, 3.8) is 0 Å². The number of thioether (sulfide) groups is 1. The molecule has 2 aromatic heterocycles. The summed E-state index contributed by atoms with van der Waals surface area (Å²) in [4.78, 5) is 12.7. The predicted molar refractivity (Wildman–Crippen MR) is 126 cm³/mol. The minimum absolute atomic E-state index is 0.221. The molecule has 0 saturated heterocycles. The number of hydrogen-bond acceptors (Lipinski definition) is 6. The number of benzene rings is 2. The molecule has 1 N–H and O–H groups in total. The van der Waals surface area contributed by atoms with Crippen LogP contribution >= 0.6 is 23.4 Å². The first kappa shape index (κ1) is 22.1. The van der Waals surface area contributed by atoms with Gasteiger partial charge in [-0.15, -0.1) is 10.2 Å². The van der Waals surface area contributed by atoms with Gasteiger partial charge in [0.25, 0.3) is 0 Å². The number of halogens is 1. The van der Waals surface area contributed by atoms with Crippen LogP contribution in [0, 0.1) is 20.8 Å². The van der Waals surface area contributed by atoms with Crippen LogP contribution in [0.2, 0.25) is 5.02 Å². The first-order valence-corrected chi connectivity index (χ1v) is 11.3. The molecule has 0 fully saturated rings. The summed E-state index contributed by atoms with van der Waals surface area (Å²) >= 11 is 7.79. The Morgan fingerprint density at radius 2 is 1.91 bits per heavy atom. The monoisotopic (exact) mass is 467 g/mol. The fraction of sp³-hybridized carbons (Fsp3) is 0.217. The summed E-state index contributed by atoms with van der Waals surface area (Å²) in [5.41, 5.74) is 4.56. The SMILES string of the molecule is Cc1ccc(C)c(-n2c(SC(C)C(=O)Nc3cc(C)no3)nnc2-c2ccccc2Cl)c1. The number of carbonyl (C=O) groups excluding carboxylic acids is 1. The molecule has 0 bridgehead atoms. The molecule has 1 unspecified atom stereocenters. The van der Waals surface area contributed by atoms with Crippen LogP contribution in [-0.4, -0.2) is 31.1 Å². The fourth-order valence-electron chi connectivity index (χ4n) is 3.20. The third-order valence-corrected chi connectivity index (χ3v) is 6.25. The Labute approximate surface area is 195 Å². The molecule has 0 aliphatic heterocycles.